The van der Waals surface area contributed by atoms with Crippen molar-refractivity contribution in [1.29, 1.82) is 0 Å². The van der Waals surface area contributed by atoms with Crippen molar-refractivity contribution in [1.82, 2.24) is 19.1 Å². The molecule has 33 heavy (non-hydrogen) atoms. The van der Waals surface area contributed by atoms with Crippen LogP contribution in [0.15, 0.2) is 59.8 Å². The minimum absolute atomic E-state index is 0.0189. The van der Waals surface area contributed by atoms with E-state index in [1.54, 1.807) is 35.5 Å². The number of aryl methyl sites for hydroxylation is 1. The Kier molecular flexibility index (Phi) is 5.50. The van der Waals surface area contributed by atoms with E-state index in [1.807, 2.05) is 29.8 Å². The lowest BCUT2D eigenvalue weighted by Crippen LogP contribution is -2.54. The number of nitrogens with zero attached hydrogens (tertiary/aromatic N) is 5. The number of benzene rings is 1. The largest absolute Gasteiger partial charge is 0.292 e. The average molecular weight is 486 g/mol. The van der Waals surface area contributed by atoms with E-state index < -0.39 is 15.6 Å². The number of pyridine rings is 1. The molecule has 2 aromatic heterocycles. The second-order valence-corrected chi connectivity index (χ2v) is 11.0. The smallest absolute Gasteiger partial charge is 0.243 e. The molecule has 0 saturated carbocycles. The van der Waals surface area contributed by atoms with Gasteiger partial charge in [-0.25, -0.2) is 13.1 Å². The summed E-state index contributed by atoms with van der Waals surface area (Å²) in [6.45, 7) is 2.97. The zero-order valence-corrected chi connectivity index (χ0v) is 19.8. The second-order valence-electron chi connectivity index (χ2n) is 8.65. The van der Waals surface area contributed by atoms with Gasteiger partial charge in [-0.2, -0.15) is 9.40 Å². The molecular formula is C23H24ClN5O3S. The molecule has 8 nitrogen and oxygen atoms in total. The first-order valence-corrected chi connectivity index (χ1v) is 12.6. The summed E-state index contributed by atoms with van der Waals surface area (Å²) < 4.78 is 29.7. The Labute approximate surface area is 197 Å². The van der Waals surface area contributed by atoms with E-state index in [-0.39, 0.29) is 17.2 Å². The molecular weight excluding hydrogens is 462 g/mol. The van der Waals surface area contributed by atoms with Gasteiger partial charge >= 0.3 is 0 Å². The molecule has 1 aromatic carbocycles. The predicted octanol–water partition coefficient (Wildman–Crippen LogP) is 3.36. The number of sulfonamides is 1. The molecule has 172 valence electrons. The number of amides is 1. The molecule has 1 saturated heterocycles. The summed E-state index contributed by atoms with van der Waals surface area (Å²) in [5.74, 6) is 0.775. The van der Waals surface area contributed by atoms with Crippen LogP contribution in [0.25, 0.3) is 0 Å². The Bertz CT molecular complexity index is 1300. The van der Waals surface area contributed by atoms with Crippen molar-refractivity contribution in [3.05, 3.63) is 71.1 Å². The monoisotopic (exact) mass is 485 g/mol. The van der Waals surface area contributed by atoms with Crippen molar-refractivity contribution in [2.24, 2.45) is 0 Å². The SMILES string of the molecule is Cc1cc2n(n1)C1(CCN(S(=O)(=O)c3cccc(Cl)c3)CC1)CC(=O)N2Cc1ccncc1. The zero-order chi connectivity index (χ0) is 23.2. The van der Waals surface area contributed by atoms with Crippen molar-refractivity contribution in [3.63, 3.8) is 0 Å². The van der Waals surface area contributed by atoms with Crippen molar-refractivity contribution < 1.29 is 13.2 Å². The third-order valence-electron chi connectivity index (χ3n) is 6.50. The normalized spacial score (nSPS) is 18.5. The van der Waals surface area contributed by atoms with Gasteiger partial charge in [0.15, 0.2) is 0 Å². The lowest BCUT2D eigenvalue weighted by molar-refractivity contribution is -0.122. The number of hydrogen-bond donors (Lipinski definition) is 0. The van der Waals surface area contributed by atoms with E-state index in [0.29, 0.717) is 37.5 Å². The maximum atomic E-state index is 13.3. The highest BCUT2D eigenvalue weighted by molar-refractivity contribution is 7.89. The van der Waals surface area contributed by atoms with Crippen LogP contribution in [-0.4, -0.2) is 46.5 Å². The Morgan fingerprint density at radius 3 is 2.52 bits per heavy atom. The van der Waals surface area contributed by atoms with Gasteiger partial charge in [0, 0.05) is 36.6 Å². The molecule has 2 aliphatic heterocycles. The number of halogens is 1. The summed E-state index contributed by atoms with van der Waals surface area (Å²) in [4.78, 5) is 19.3. The summed E-state index contributed by atoms with van der Waals surface area (Å²) in [7, 11) is -3.66. The van der Waals surface area contributed by atoms with Gasteiger partial charge in [-0.1, -0.05) is 17.7 Å². The topological polar surface area (TPSA) is 88.4 Å². The number of anilines is 1. The number of hydrogen-bond acceptors (Lipinski definition) is 5. The molecule has 5 rings (SSSR count). The maximum absolute atomic E-state index is 13.3. The van der Waals surface area contributed by atoms with Crippen LogP contribution in [0.3, 0.4) is 0 Å². The first kappa shape index (κ1) is 22.1. The summed E-state index contributed by atoms with van der Waals surface area (Å²) in [5.41, 5.74) is 1.28. The van der Waals surface area contributed by atoms with E-state index in [9.17, 15) is 13.2 Å². The molecule has 1 fully saturated rings. The van der Waals surface area contributed by atoms with Crippen LogP contribution < -0.4 is 4.90 Å². The van der Waals surface area contributed by atoms with Gasteiger partial charge in [-0.3, -0.25) is 14.7 Å². The van der Waals surface area contributed by atoms with E-state index >= 15 is 0 Å². The number of piperidine rings is 1. The summed E-state index contributed by atoms with van der Waals surface area (Å²) in [6, 6.07) is 12.0. The summed E-state index contributed by atoms with van der Waals surface area (Å²) in [5, 5.41) is 5.12. The second kappa shape index (κ2) is 8.23. The van der Waals surface area contributed by atoms with Gasteiger partial charge in [-0.05, 0) is 55.7 Å². The number of aromatic nitrogens is 3. The number of fused-ring (bicyclic) bond motifs is 2. The fourth-order valence-electron chi connectivity index (χ4n) is 4.75. The van der Waals surface area contributed by atoms with E-state index in [0.717, 1.165) is 17.1 Å². The molecule has 2 aliphatic rings. The van der Waals surface area contributed by atoms with Gasteiger partial charge in [0.2, 0.25) is 15.9 Å². The zero-order valence-electron chi connectivity index (χ0n) is 18.2. The van der Waals surface area contributed by atoms with Gasteiger partial charge in [0.1, 0.15) is 5.82 Å². The van der Waals surface area contributed by atoms with Crippen LogP contribution in [0.1, 0.15) is 30.5 Å². The molecule has 4 heterocycles. The molecule has 0 radical (unpaired) electrons. The molecule has 1 amide bonds. The molecule has 0 N–H and O–H groups in total. The third kappa shape index (κ3) is 3.94. The van der Waals surface area contributed by atoms with Gasteiger partial charge in [0.25, 0.3) is 0 Å². The summed E-state index contributed by atoms with van der Waals surface area (Å²) in [6.07, 6.45) is 4.73. The summed E-state index contributed by atoms with van der Waals surface area (Å²) >= 11 is 6.01. The van der Waals surface area contributed by atoms with Crippen LogP contribution in [-0.2, 0) is 26.9 Å². The number of rotatable bonds is 4. The molecule has 0 aliphatic carbocycles. The van der Waals surface area contributed by atoms with Crippen molar-refractivity contribution in [2.75, 3.05) is 18.0 Å². The van der Waals surface area contributed by atoms with Crippen molar-refractivity contribution in [3.8, 4) is 0 Å². The molecule has 3 aromatic rings. The predicted molar refractivity (Wildman–Crippen MR) is 124 cm³/mol. The molecule has 1 spiro atoms. The highest BCUT2D eigenvalue weighted by atomic mass is 35.5. The van der Waals surface area contributed by atoms with E-state index in [4.69, 9.17) is 16.7 Å². The number of carbonyl (C=O) groups is 1. The fourth-order valence-corrected chi connectivity index (χ4v) is 6.50. The molecule has 0 unspecified atom stereocenters. The van der Waals surface area contributed by atoms with Crippen LogP contribution in [0, 0.1) is 6.92 Å². The highest BCUT2D eigenvalue weighted by Crippen LogP contribution is 2.42. The van der Waals surface area contributed by atoms with Crippen LogP contribution in [0.5, 0.6) is 0 Å². The van der Waals surface area contributed by atoms with Crippen molar-refractivity contribution in [2.45, 2.75) is 43.2 Å². The fraction of sp³-hybridized carbons (Fsp3) is 0.348. The van der Waals surface area contributed by atoms with Crippen LogP contribution in [0.2, 0.25) is 5.02 Å². The minimum Gasteiger partial charge on any atom is -0.292 e. The van der Waals surface area contributed by atoms with Gasteiger partial charge in [0.05, 0.1) is 29.1 Å². The van der Waals surface area contributed by atoms with Gasteiger partial charge in [-0.15, -0.1) is 0 Å². The standard InChI is InChI=1S/C23H24ClN5O3S/c1-17-13-21-28(16-18-5-9-25-10-6-18)22(30)15-23(29(21)26-17)7-11-27(12-8-23)33(31,32)20-4-2-3-19(24)14-20/h2-6,9-10,13-14H,7-8,11-12,15-16H2,1H3. The van der Waals surface area contributed by atoms with E-state index in [2.05, 4.69) is 4.98 Å². The first-order chi connectivity index (χ1) is 15.8. The minimum atomic E-state index is -3.66. The van der Waals surface area contributed by atoms with Crippen molar-refractivity contribution >= 4 is 33.3 Å². The molecule has 0 bridgehead atoms. The highest BCUT2D eigenvalue weighted by Gasteiger charge is 2.47. The third-order valence-corrected chi connectivity index (χ3v) is 8.63. The Morgan fingerprint density at radius 2 is 1.82 bits per heavy atom. The Morgan fingerprint density at radius 1 is 1.09 bits per heavy atom. The molecule has 10 heteroatoms. The van der Waals surface area contributed by atoms with E-state index in [1.165, 1.54) is 10.4 Å². The maximum Gasteiger partial charge on any atom is 0.243 e. The average Bonchev–Trinajstić information content (AvgIpc) is 3.20. The Hall–Kier alpha value is -2.75. The quantitative estimate of drug-likeness (QED) is 0.565. The van der Waals surface area contributed by atoms with Crippen LogP contribution >= 0.6 is 11.6 Å². The van der Waals surface area contributed by atoms with Crippen LogP contribution in [0.4, 0.5) is 5.82 Å². The first-order valence-electron chi connectivity index (χ1n) is 10.8. The van der Waals surface area contributed by atoms with Gasteiger partial charge < -0.3 is 0 Å². The lowest BCUT2D eigenvalue weighted by Gasteiger charge is -2.46. The Balaban J connectivity index is 1.42. The molecule has 0 atom stereocenters. The lowest BCUT2D eigenvalue weighted by atomic mass is 9.83. The number of carbonyl (C=O) groups excluding carboxylic acids is 1.